The molecule has 1 aliphatic rings. The molecule has 0 bridgehead atoms. The van der Waals surface area contributed by atoms with Crippen molar-refractivity contribution in [2.75, 3.05) is 17.6 Å². The van der Waals surface area contributed by atoms with Crippen LogP contribution < -0.4 is 5.32 Å². The van der Waals surface area contributed by atoms with Gasteiger partial charge in [0.2, 0.25) is 0 Å². The SMILES string of the molecule is CCNc1nc(C2CCCS2)ncc1Br. The van der Waals surface area contributed by atoms with E-state index in [0.717, 1.165) is 22.7 Å². The molecule has 0 saturated carbocycles. The Morgan fingerprint density at radius 3 is 3.20 bits per heavy atom. The summed E-state index contributed by atoms with van der Waals surface area (Å²) in [5.74, 6) is 3.12. The normalized spacial score (nSPS) is 20.5. The predicted molar refractivity (Wildman–Crippen MR) is 68.3 cm³/mol. The van der Waals surface area contributed by atoms with Crippen molar-refractivity contribution in [2.24, 2.45) is 0 Å². The Morgan fingerprint density at radius 1 is 1.67 bits per heavy atom. The summed E-state index contributed by atoms with van der Waals surface area (Å²) in [4.78, 5) is 8.94. The lowest BCUT2D eigenvalue weighted by Gasteiger charge is -2.10. The molecule has 2 heterocycles. The smallest absolute Gasteiger partial charge is 0.144 e. The molecule has 1 aromatic heterocycles. The molecule has 3 nitrogen and oxygen atoms in total. The maximum atomic E-state index is 4.55. The molecule has 0 amide bonds. The highest BCUT2D eigenvalue weighted by Gasteiger charge is 2.21. The lowest BCUT2D eigenvalue weighted by Crippen LogP contribution is -2.05. The number of thioether (sulfide) groups is 1. The second kappa shape index (κ2) is 5.16. The number of halogens is 1. The van der Waals surface area contributed by atoms with Crippen LogP contribution in [0, 0.1) is 0 Å². The number of anilines is 1. The second-order valence-corrected chi connectivity index (χ2v) is 5.62. The van der Waals surface area contributed by atoms with Gasteiger partial charge in [-0.05, 0) is 41.4 Å². The van der Waals surface area contributed by atoms with Crippen molar-refractivity contribution in [1.82, 2.24) is 9.97 Å². The maximum absolute atomic E-state index is 4.55. The minimum absolute atomic E-state index is 0.496. The first-order chi connectivity index (χ1) is 7.31. The Morgan fingerprint density at radius 2 is 2.53 bits per heavy atom. The third kappa shape index (κ3) is 2.64. The topological polar surface area (TPSA) is 37.8 Å². The zero-order valence-corrected chi connectivity index (χ0v) is 11.1. The van der Waals surface area contributed by atoms with Gasteiger partial charge in [-0.15, -0.1) is 0 Å². The van der Waals surface area contributed by atoms with Crippen molar-refractivity contribution in [3.63, 3.8) is 0 Å². The zero-order valence-electron chi connectivity index (χ0n) is 8.66. The van der Waals surface area contributed by atoms with Crippen LogP contribution in [0.4, 0.5) is 5.82 Å². The van der Waals surface area contributed by atoms with E-state index in [9.17, 15) is 0 Å². The summed E-state index contributed by atoms with van der Waals surface area (Å²) in [7, 11) is 0. The van der Waals surface area contributed by atoms with E-state index in [1.165, 1.54) is 18.6 Å². The largest absolute Gasteiger partial charge is 0.369 e. The van der Waals surface area contributed by atoms with Crippen LogP contribution in [0.1, 0.15) is 30.8 Å². The molecule has 15 heavy (non-hydrogen) atoms. The van der Waals surface area contributed by atoms with E-state index in [0.29, 0.717) is 5.25 Å². The fourth-order valence-corrected chi connectivity index (χ4v) is 3.15. The third-order valence-electron chi connectivity index (χ3n) is 2.32. The van der Waals surface area contributed by atoms with Crippen molar-refractivity contribution in [1.29, 1.82) is 0 Å². The van der Waals surface area contributed by atoms with E-state index in [1.807, 2.05) is 18.0 Å². The summed E-state index contributed by atoms with van der Waals surface area (Å²) in [5.41, 5.74) is 0. The van der Waals surface area contributed by atoms with Crippen molar-refractivity contribution in [3.8, 4) is 0 Å². The molecule has 1 unspecified atom stereocenters. The van der Waals surface area contributed by atoms with Gasteiger partial charge in [-0.1, -0.05) is 0 Å². The molecular weight excluding hydrogens is 274 g/mol. The van der Waals surface area contributed by atoms with Crippen LogP contribution in [0.5, 0.6) is 0 Å². The molecule has 0 radical (unpaired) electrons. The standard InChI is InChI=1S/C10H14BrN3S/c1-2-12-9-7(11)6-13-10(14-9)8-4-3-5-15-8/h6,8H,2-5H2,1H3,(H,12,13,14). The summed E-state index contributed by atoms with van der Waals surface area (Å²) < 4.78 is 0.941. The summed E-state index contributed by atoms with van der Waals surface area (Å²) in [6, 6.07) is 0. The highest BCUT2D eigenvalue weighted by molar-refractivity contribution is 9.10. The molecule has 1 aromatic rings. The highest BCUT2D eigenvalue weighted by atomic mass is 79.9. The van der Waals surface area contributed by atoms with E-state index in [1.54, 1.807) is 0 Å². The first-order valence-corrected chi connectivity index (χ1v) is 7.03. The summed E-state index contributed by atoms with van der Waals surface area (Å²) >= 11 is 5.41. The van der Waals surface area contributed by atoms with Crippen LogP contribution in [-0.2, 0) is 0 Å². The van der Waals surface area contributed by atoms with Gasteiger partial charge in [0.1, 0.15) is 11.6 Å². The van der Waals surface area contributed by atoms with Crippen molar-refractivity contribution >= 4 is 33.5 Å². The first-order valence-electron chi connectivity index (χ1n) is 5.19. The molecule has 1 aliphatic heterocycles. The lowest BCUT2D eigenvalue weighted by molar-refractivity contribution is 0.776. The number of rotatable bonds is 3. The number of nitrogens with zero attached hydrogens (tertiary/aromatic N) is 2. The average Bonchev–Trinajstić information content (AvgIpc) is 2.75. The Labute approximate surface area is 103 Å². The van der Waals surface area contributed by atoms with Crippen LogP contribution >= 0.6 is 27.7 Å². The molecular formula is C10H14BrN3S. The Bertz CT molecular complexity index is 339. The third-order valence-corrected chi connectivity index (χ3v) is 4.28. The predicted octanol–water partition coefficient (Wildman–Crippen LogP) is 3.24. The van der Waals surface area contributed by atoms with Gasteiger partial charge >= 0.3 is 0 Å². The Hall–Kier alpha value is -0.290. The first kappa shape index (κ1) is 11.2. The molecule has 1 N–H and O–H groups in total. The van der Waals surface area contributed by atoms with Gasteiger partial charge in [0, 0.05) is 12.7 Å². The Balaban J connectivity index is 2.21. The van der Waals surface area contributed by atoms with E-state index in [2.05, 4.69) is 38.1 Å². The molecule has 0 aliphatic carbocycles. The maximum Gasteiger partial charge on any atom is 0.144 e. The summed E-state index contributed by atoms with van der Waals surface area (Å²) in [5, 5.41) is 3.73. The molecule has 2 rings (SSSR count). The van der Waals surface area contributed by atoms with Crippen molar-refractivity contribution in [3.05, 3.63) is 16.5 Å². The average molecular weight is 288 g/mol. The van der Waals surface area contributed by atoms with Crippen LogP contribution in [0.15, 0.2) is 10.7 Å². The molecule has 5 heteroatoms. The van der Waals surface area contributed by atoms with Crippen LogP contribution in [0.3, 0.4) is 0 Å². The second-order valence-electron chi connectivity index (χ2n) is 3.46. The fourth-order valence-electron chi connectivity index (χ4n) is 1.61. The minimum atomic E-state index is 0.496. The zero-order chi connectivity index (χ0) is 10.7. The molecule has 0 aromatic carbocycles. The van der Waals surface area contributed by atoms with Crippen LogP contribution in [0.2, 0.25) is 0 Å². The number of hydrogen-bond acceptors (Lipinski definition) is 4. The number of aromatic nitrogens is 2. The van der Waals surface area contributed by atoms with Gasteiger partial charge in [0.05, 0.1) is 9.72 Å². The van der Waals surface area contributed by atoms with Gasteiger partial charge in [0.25, 0.3) is 0 Å². The molecule has 1 fully saturated rings. The van der Waals surface area contributed by atoms with Gasteiger partial charge in [-0.3, -0.25) is 0 Å². The van der Waals surface area contributed by atoms with E-state index in [4.69, 9.17) is 0 Å². The van der Waals surface area contributed by atoms with E-state index < -0.39 is 0 Å². The number of hydrogen-bond donors (Lipinski definition) is 1. The van der Waals surface area contributed by atoms with Gasteiger partial charge in [0.15, 0.2) is 0 Å². The number of nitrogens with one attached hydrogen (secondary N) is 1. The van der Waals surface area contributed by atoms with Crippen molar-refractivity contribution in [2.45, 2.75) is 25.0 Å². The Kier molecular flexibility index (Phi) is 3.86. The monoisotopic (exact) mass is 287 g/mol. The molecule has 1 saturated heterocycles. The molecule has 82 valence electrons. The van der Waals surface area contributed by atoms with Crippen LogP contribution in [0.25, 0.3) is 0 Å². The van der Waals surface area contributed by atoms with Gasteiger partial charge in [-0.25, -0.2) is 9.97 Å². The lowest BCUT2D eigenvalue weighted by atomic mass is 10.2. The quantitative estimate of drug-likeness (QED) is 0.926. The molecule has 0 spiro atoms. The fraction of sp³-hybridized carbons (Fsp3) is 0.600. The van der Waals surface area contributed by atoms with Gasteiger partial charge < -0.3 is 5.32 Å². The summed E-state index contributed by atoms with van der Waals surface area (Å²) in [6.45, 7) is 2.95. The van der Waals surface area contributed by atoms with Crippen molar-refractivity contribution < 1.29 is 0 Å². The highest BCUT2D eigenvalue weighted by Crippen LogP contribution is 2.38. The van der Waals surface area contributed by atoms with Crippen LogP contribution in [-0.4, -0.2) is 22.3 Å². The minimum Gasteiger partial charge on any atom is -0.369 e. The molecule has 1 atom stereocenters. The van der Waals surface area contributed by atoms with E-state index in [-0.39, 0.29) is 0 Å². The van der Waals surface area contributed by atoms with Gasteiger partial charge in [-0.2, -0.15) is 11.8 Å². The summed E-state index contributed by atoms with van der Waals surface area (Å²) in [6.07, 6.45) is 4.34. The van der Waals surface area contributed by atoms with E-state index >= 15 is 0 Å².